The molecule has 1 aliphatic rings. The van der Waals surface area contributed by atoms with E-state index in [1.807, 2.05) is 12.1 Å². The molecule has 0 radical (unpaired) electrons. The van der Waals surface area contributed by atoms with Gasteiger partial charge in [0, 0.05) is 26.2 Å². The number of aromatic nitrogens is 2. The number of fused-ring (bicyclic) bond motifs is 1. The highest BCUT2D eigenvalue weighted by atomic mass is 19.4. The number of halogens is 3. The Morgan fingerprint density at radius 3 is 2.00 bits per heavy atom. The average Bonchev–Trinajstić information content (AvgIpc) is 3.23. The molecular weight excluding hydrogens is 425 g/mol. The molecule has 0 saturated carbocycles. The van der Waals surface area contributed by atoms with Crippen molar-refractivity contribution in [1.29, 1.82) is 0 Å². The van der Waals surface area contributed by atoms with Gasteiger partial charge in [-0.2, -0.15) is 13.2 Å². The highest BCUT2D eigenvalue weighted by Crippen LogP contribution is 2.32. The minimum atomic E-state index is -4.36. The number of rotatable bonds is 5. The summed E-state index contributed by atoms with van der Waals surface area (Å²) in [6.07, 6.45) is -4.36. The summed E-state index contributed by atoms with van der Waals surface area (Å²) in [5.41, 5.74) is 2.87. The lowest BCUT2D eigenvalue weighted by molar-refractivity contribution is -0.137. The van der Waals surface area contributed by atoms with Crippen LogP contribution in [-0.2, 0) is 12.7 Å². The third-order valence-electron chi connectivity index (χ3n) is 6.23. The summed E-state index contributed by atoms with van der Waals surface area (Å²) in [6, 6.07) is 24.9. The molecule has 4 nitrogen and oxygen atoms in total. The molecule has 0 unspecified atom stereocenters. The Labute approximate surface area is 190 Å². The third kappa shape index (κ3) is 4.79. The Morgan fingerprint density at radius 1 is 0.818 bits per heavy atom. The van der Waals surface area contributed by atoms with E-state index >= 15 is 0 Å². The Morgan fingerprint density at radius 2 is 1.42 bits per heavy atom. The van der Waals surface area contributed by atoms with Crippen LogP contribution in [0.5, 0.6) is 0 Å². The summed E-state index contributed by atoms with van der Waals surface area (Å²) in [4.78, 5) is 12.4. The fraction of sp³-hybridized carbons (Fsp3) is 0.269. The van der Waals surface area contributed by atoms with Gasteiger partial charge in [0.25, 0.3) is 0 Å². The van der Waals surface area contributed by atoms with Crippen LogP contribution < -0.4 is 0 Å². The van der Waals surface area contributed by atoms with E-state index < -0.39 is 11.7 Å². The van der Waals surface area contributed by atoms with Crippen LogP contribution in [0.15, 0.2) is 78.9 Å². The molecule has 33 heavy (non-hydrogen) atoms. The Balaban J connectivity index is 1.28. The molecule has 3 aromatic carbocycles. The summed E-state index contributed by atoms with van der Waals surface area (Å²) < 4.78 is 39.0. The molecule has 0 atom stereocenters. The standard InChI is InChI=1S/C26H25F3N4/c27-26(28,29)21-11-12-22-23(17-21)31-24(30-22)18-32-13-15-33(16-14-32)25(19-7-3-1-4-8-19)20-9-5-2-6-10-20/h1-12,17,25H,13-16,18H2,(H,30,31). The molecule has 5 rings (SSSR count). The first-order valence-electron chi connectivity index (χ1n) is 11.1. The number of hydrogen-bond donors (Lipinski definition) is 1. The van der Waals surface area contributed by atoms with Crippen LogP contribution in [-0.4, -0.2) is 45.9 Å². The van der Waals surface area contributed by atoms with Crippen LogP contribution in [0.4, 0.5) is 13.2 Å². The molecule has 2 heterocycles. The summed E-state index contributed by atoms with van der Waals surface area (Å²) in [5.74, 6) is 0.695. The number of imidazole rings is 1. The number of nitrogens with zero attached hydrogens (tertiary/aromatic N) is 3. The molecule has 7 heteroatoms. The number of nitrogens with one attached hydrogen (secondary N) is 1. The summed E-state index contributed by atoms with van der Waals surface area (Å²) in [5, 5.41) is 0. The van der Waals surface area contributed by atoms with Crippen LogP contribution in [0.3, 0.4) is 0 Å². The van der Waals surface area contributed by atoms with E-state index in [0.29, 0.717) is 23.4 Å². The van der Waals surface area contributed by atoms with Crippen molar-refractivity contribution in [2.24, 2.45) is 0 Å². The Bertz CT molecular complexity index is 1160. The van der Waals surface area contributed by atoms with E-state index in [2.05, 4.69) is 68.3 Å². The van der Waals surface area contributed by atoms with Gasteiger partial charge in [-0.05, 0) is 29.3 Å². The number of hydrogen-bond acceptors (Lipinski definition) is 3. The van der Waals surface area contributed by atoms with Crippen LogP contribution in [0.1, 0.15) is 28.6 Å². The van der Waals surface area contributed by atoms with Crippen molar-refractivity contribution in [2.75, 3.05) is 26.2 Å². The molecule has 4 aromatic rings. The smallest absolute Gasteiger partial charge is 0.341 e. The molecule has 0 aliphatic carbocycles. The lowest BCUT2D eigenvalue weighted by Crippen LogP contribution is -2.47. The predicted molar refractivity (Wildman–Crippen MR) is 123 cm³/mol. The number of alkyl halides is 3. The van der Waals surface area contributed by atoms with E-state index in [-0.39, 0.29) is 6.04 Å². The van der Waals surface area contributed by atoms with E-state index in [9.17, 15) is 13.2 Å². The lowest BCUT2D eigenvalue weighted by atomic mass is 9.96. The highest BCUT2D eigenvalue weighted by Gasteiger charge is 2.31. The predicted octanol–water partition coefficient (Wildman–Crippen LogP) is 5.49. The minimum absolute atomic E-state index is 0.196. The van der Waals surface area contributed by atoms with Gasteiger partial charge in [0.05, 0.1) is 29.2 Å². The maximum absolute atomic E-state index is 13.0. The molecular formula is C26H25F3N4. The maximum atomic E-state index is 13.0. The first-order valence-corrected chi connectivity index (χ1v) is 11.1. The second-order valence-electron chi connectivity index (χ2n) is 8.45. The van der Waals surface area contributed by atoms with Gasteiger partial charge in [-0.25, -0.2) is 4.98 Å². The summed E-state index contributed by atoms with van der Waals surface area (Å²) in [7, 11) is 0. The topological polar surface area (TPSA) is 35.2 Å². The fourth-order valence-electron chi connectivity index (χ4n) is 4.59. The van der Waals surface area contributed by atoms with Crippen LogP contribution in [0.2, 0.25) is 0 Å². The van der Waals surface area contributed by atoms with Crippen molar-refractivity contribution < 1.29 is 13.2 Å². The zero-order valence-corrected chi connectivity index (χ0v) is 18.1. The second kappa shape index (κ2) is 9.00. The fourth-order valence-corrected chi connectivity index (χ4v) is 4.59. The molecule has 0 amide bonds. The normalized spacial score (nSPS) is 16.0. The molecule has 0 spiro atoms. The van der Waals surface area contributed by atoms with Crippen LogP contribution in [0.25, 0.3) is 11.0 Å². The first kappa shape index (κ1) is 21.7. The van der Waals surface area contributed by atoms with E-state index in [4.69, 9.17) is 0 Å². The largest absolute Gasteiger partial charge is 0.416 e. The average molecular weight is 451 g/mol. The number of H-pyrrole nitrogens is 1. The van der Waals surface area contributed by atoms with Crippen molar-refractivity contribution in [3.8, 4) is 0 Å². The van der Waals surface area contributed by atoms with Crippen molar-refractivity contribution in [3.63, 3.8) is 0 Å². The van der Waals surface area contributed by atoms with Gasteiger partial charge in [0.1, 0.15) is 5.82 Å². The third-order valence-corrected chi connectivity index (χ3v) is 6.23. The van der Waals surface area contributed by atoms with E-state index in [1.165, 1.54) is 17.2 Å². The lowest BCUT2D eigenvalue weighted by Gasteiger charge is -2.39. The molecule has 0 bridgehead atoms. The van der Waals surface area contributed by atoms with Gasteiger partial charge in [-0.1, -0.05) is 60.7 Å². The minimum Gasteiger partial charge on any atom is -0.341 e. The van der Waals surface area contributed by atoms with Crippen molar-refractivity contribution in [2.45, 2.75) is 18.8 Å². The number of piperazine rings is 1. The van der Waals surface area contributed by atoms with Gasteiger partial charge >= 0.3 is 6.18 Å². The van der Waals surface area contributed by atoms with Gasteiger partial charge < -0.3 is 4.98 Å². The van der Waals surface area contributed by atoms with Gasteiger partial charge in [0.2, 0.25) is 0 Å². The number of benzene rings is 3. The molecule has 1 fully saturated rings. The SMILES string of the molecule is FC(F)(F)c1ccc2nc(CN3CCN(C(c4ccccc4)c4ccccc4)CC3)[nH]c2c1. The Hall–Kier alpha value is -3.16. The van der Waals surface area contributed by atoms with Crippen molar-refractivity contribution in [3.05, 3.63) is 101 Å². The first-order chi connectivity index (χ1) is 16.0. The van der Waals surface area contributed by atoms with Crippen LogP contribution in [0, 0.1) is 0 Å². The maximum Gasteiger partial charge on any atom is 0.416 e. The Kier molecular flexibility index (Phi) is 5.91. The molecule has 1 saturated heterocycles. The van der Waals surface area contributed by atoms with Crippen molar-refractivity contribution in [1.82, 2.24) is 19.8 Å². The molecule has 1 N–H and O–H groups in total. The van der Waals surface area contributed by atoms with Gasteiger partial charge in [-0.15, -0.1) is 0 Å². The summed E-state index contributed by atoms with van der Waals surface area (Å²) in [6.45, 7) is 4.10. The molecule has 1 aromatic heterocycles. The molecule has 1 aliphatic heterocycles. The molecule has 170 valence electrons. The van der Waals surface area contributed by atoms with E-state index in [1.54, 1.807) is 0 Å². The highest BCUT2D eigenvalue weighted by molar-refractivity contribution is 5.76. The quantitative estimate of drug-likeness (QED) is 0.437. The number of aromatic amines is 1. The van der Waals surface area contributed by atoms with E-state index in [0.717, 1.165) is 38.3 Å². The zero-order chi connectivity index (χ0) is 22.8. The van der Waals surface area contributed by atoms with Gasteiger partial charge in [-0.3, -0.25) is 9.80 Å². The second-order valence-corrected chi connectivity index (χ2v) is 8.45. The van der Waals surface area contributed by atoms with Crippen LogP contribution >= 0.6 is 0 Å². The monoisotopic (exact) mass is 450 g/mol. The van der Waals surface area contributed by atoms with Gasteiger partial charge in [0.15, 0.2) is 0 Å². The zero-order valence-electron chi connectivity index (χ0n) is 18.1. The summed E-state index contributed by atoms with van der Waals surface area (Å²) >= 11 is 0. The van der Waals surface area contributed by atoms with Crippen molar-refractivity contribution >= 4 is 11.0 Å².